The third-order valence-corrected chi connectivity index (χ3v) is 4.75. The Labute approximate surface area is 138 Å². The van der Waals surface area contributed by atoms with E-state index in [-0.39, 0.29) is 17.2 Å². The molecule has 1 saturated carbocycles. The molecular formula is C14H21N7OS. The molecule has 1 amide bonds. The fraction of sp³-hybridized carbons (Fsp3) is 0.571. The van der Waals surface area contributed by atoms with Crippen LogP contribution < -0.4 is 11.2 Å². The molecule has 8 nitrogen and oxygen atoms in total. The molecular weight excluding hydrogens is 314 g/mol. The highest BCUT2D eigenvalue weighted by Crippen LogP contribution is 2.39. The van der Waals surface area contributed by atoms with Crippen LogP contribution in [0.3, 0.4) is 0 Å². The number of aromatic nitrogens is 5. The zero-order valence-electron chi connectivity index (χ0n) is 13.4. The molecule has 124 valence electrons. The zero-order chi connectivity index (χ0) is 16.6. The maximum absolute atomic E-state index is 12.4. The molecule has 0 radical (unpaired) electrons. The number of carbonyl (C=O) groups excluding carboxylic acids is 1. The number of nitrogens with zero attached hydrogens (tertiary/aromatic N) is 5. The minimum atomic E-state index is -0.343. The van der Waals surface area contributed by atoms with Gasteiger partial charge in [0.2, 0.25) is 11.1 Å². The number of thioether (sulfide) groups is 1. The van der Waals surface area contributed by atoms with Crippen molar-refractivity contribution in [1.29, 1.82) is 0 Å². The standard InChI is InChI=1S/C14H21N7OS/c1-8(2)21-11(6-7-16-21)17-13(22)9(3)23-14-19-18-12(20(14)15)10-4-5-10/h6-10H,4-5,15H2,1-3H3,(H,17,22)/t9-/m1/s1. The molecule has 2 heterocycles. The van der Waals surface area contributed by atoms with E-state index in [1.807, 2.05) is 20.8 Å². The molecule has 2 aromatic heterocycles. The first-order chi connectivity index (χ1) is 11.0. The first-order valence-corrected chi connectivity index (χ1v) is 8.56. The van der Waals surface area contributed by atoms with E-state index in [9.17, 15) is 4.79 Å². The van der Waals surface area contributed by atoms with Gasteiger partial charge in [0.05, 0.1) is 11.4 Å². The maximum atomic E-state index is 12.4. The van der Waals surface area contributed by atoms with Gasteiger partial charge in [0.25, 0.3) is 0 Å². The molecule has 1 aliphatic carbocycles. The summed E-state index contributed by atoms with van der Waals surface area (Å²) < 4.78 is 3.27. The summed E-state index contributed by atoms with van der Waals surface area (Å²) in [6.07, 6.45) is 3.89. The molecule has 0 aromatic carbocycles. The van der Waals surface area contributed by atoms with E-state index < -0.39 is 0 Å². The number of carbonyl (C=O) groups is 1. The molecule has 0 saturated heterocycles. The Bertz CT molecular complexity index is 704. The van der Waals surface area contributed by atoms with E-state index in [0.717, 1.165) is 18.7 Å². The van der Waals surface area contributed by atoms with E-state index in [2.05, 4.69) is 20.6 Å². The number of rotatable bonds is 6. The summed E-state index contributed by atoms with van der Waals surface area (Å²) in [5.74, 6) is 7.81. The molecule has 9 heteroatoms. The van der Waals surface area contributed by atoms with Gasteiger partial charge in [-0.1, -0.05) is 11.8 Å². The normalized spacial score (nSPS) is 15.8. The maximum Gasteiger partial charge on any atom is 0.238 e. The number of anilines is 1. The van der Waals surface area contributed by atoms with Crippen LogP contribution in [0.1, 0.15) is 51.4 Å². The van der Waals surface area contributed by atoms with Gasteiger partial charge in [0.1, 0.15) is 5.82 Å². The Morgan fingerprint density at radius 1 is 1.39 bits per heavy atom. The first kappa shape index (κ1) is 15.9. The summed E-state index contributed by atoms with van der Waals surface area (Å²) in [7, 11) is 0. The van der Waals surface area contributed by atoms with Gasteiger partial charge in [-0.15, -0.1) is 10.2 Å². The fourth-order valence-electron chi connectivity index (χ4n) is 2.25. The quantitative estimate of drug-likeness (QED) is 0.616. The third kappa shape index (κ3) is 3.34. The Morgan fingerprint density at radius 3 is 2.78 bits per heavy atom. The van der Waals surface area contributed by atoms with E-state index in [1.54, 1.807) is 16.9 Å². The lowest BCUT2D eigenvalue weighted by molar-refractivity contribution is -0.115. The van der Waals surface area contributed by atoms with Gasteiger partial charge in [-0.05, 0) is 33.6 Å². The second-order valence-electron chi connectivity index (χ2n) is 5.99. The van der Waals surface area contributed by atoms with Crippen molar-refractivity contribution in [2.24, 2.45) is 0 Å². The molecule has 23 heavy (non-hydrogen) atoms. The van der Waals surface area contributed by atoms with Gasteiger partial charge in [0, 0.05) is 18.0 Å². The van der Waals surface area contributed by atoms with E-state index in [1.165, 1.54) is 16.4 Å². The van der Waals surface area contributed by atoms with Gasteiger partial charge in [-0.2, -0.15) is 5.10 Å². The minimum absolute atomic E-state index is 0.117. The van der Waals surface area contributed by atoms with E-state index >= 15 is 0 Å². The second kappa shape index (κ2) is 6.23. The molecule has 3 rings (SSSR count). The molecule has 1 aliphatic rings. The van der Waals surface area contributed by atoms with Gasteiger partial charge in [-0.3, -0.25) is 4.79 Å². The molecule has 0 aliphatic heterocycles. The SMILES string of the molecule is CC(C)n1nccc1NC(=O)[C@@H](C)Sc1nnc(C2CC2)n1N. The largest absolute Gasteiger partial charge is 0.336 e. The van der Waals surface area contributed by atoms with Crippen molar-refractivity contribution in [1.82, 2.24) is 24.7 Å². The Kier molecular flexibility index (Phi) is 4.29. The van der Waals surface area contributed by atoms with Crippen molar-refractivity contribution in [3.8, 4) is 0 Å². The van der Waals surface area contributed by atoms with E-state index in [0.29, 0.717) is 16.9 Å². The Hall–Kier alpha value is -2.03. The summed E-state index contributed by atoms with van der Waals surface area (Å²) in [6, 6.07) is 1.96. The monoisotopic (exact) mass is 335 g/mol. The smallest absolute Gasteiger partial charge is 0.238 e. The van der Waals surface area contributed by atoms with Crippen molar-refractivity contribution in [2.45, 2.75) is 56.0 Å². The summed E-state index contributed by atoms with van der Waals surface area (Å²) in [5, 5.41) is 15.5. The molecule has 3 N–H and O–H groups in total. The predicted molar refractivity (Wildman–Crippen MR) is 88.7 cm³/mol. The second-order valence-corrected chi connectivity index (χ2v) is 7.30. The first-order valence-electron chi connectivity index (χ1n) is 7.68. The number of nitrogens with two attached hydrogens (primary N) is 1. The molecule has 1 fully saturated rings. The number of nitrogens with one attached hydrogen (secondary N) is 1. The van der Waals surface area contributed by atoms with Gasteiger partial charge < -0.3 is 11.2 Å². The average molecular weight is 335 g/mol. The molecule has 0 bridgehead atoms. The lowest BCUT2D eigenvalue weighted by atomic mass is 10.4. The van der Waals surface area contributed by atoms with Crippen LogP contribution in [0.15, 0.2) is 17.4 Å². The lowest BCUT2D eigenvalue weighted by Gasteiger charge is -2.14. The van der Waals surface area contributed by atoms with Crippen LogP contribution in [0, 0.1) is 0 Å². The summed E-state index contributed by atoms with van der Waals surface area (Å²) >= 11 is 1.30. The van der Waals surface area contributed by atoms with Crippen molar-refractivity contribution in [3.63, 3.8) is 0 Å². The minimum Gasteiger partial charge on any atom is -0.336 e. The van der Waals surface area contributed by atoms with Crippen LogP contribution in [0.4, 0.5) is 5.82 Å². The summed E-state index contributed by atoms with van der Waals surface area (Å²) in [4.78, 5) is 12.4. The predicted octanol–water partition coefficient (Wildman–Crippen LogP) is 1.77. The molecule has 1 atom stereocenters. The lowest BCUT2D eigenvalue weighted by Crippen LogP contribution is -2.25. The van der Waals surface area contributed by atoms with Crippen LogP contribution in [0.25, 0.3) is 0 Å². The third-order valence-electron chi connectivity index (χ3n) is 3.70. The van der Waals surface area contributed by atoms with Crippen LogP contribution in [-0.4, -0.2) is 35.8 Å². The number of amides is 1. The van der Waals surface area contributed by atoms with E-state index in [4.69, 9.17) is 5.84 Å². The average Bonchev–Trinajstić information content (AvgIpc) is 3.13. The highest BCUT2D eigenvalue weighted by atomic mass is 32.2. The molecule has 0 spiro atoms. The highest BCUT2D eigenvalue weighted by Gasteiger charge is 2.30. The number of nitrogen functional groups attached to an aromatic ring is 1. The summed E-state index contributed by atoms with van der Waals surface area (Å²) in [5.41, 5.74) is 0. The van der Waals surface area contributed by atoms with Crippen molar-refractivity contribution in [2.75, 3.05) is 11.2 Å². The molecule has 0 unspecified atom stereocenters. The van der Waals surface area contributed by atoms with Crippen LogP contribution in [-0.2, 0) is 4.79 Å². The highest BCUT2D eigenvalue weighted by molar-refractivity contribution is 8.00. The van der Waals surface area contributed by atoms with Gasteiger partial charge >= 0.3 is 0 Å². The zero-order valence-corrected chi connectivity index (χ0v) is 14.2. The number of hydrogen-bond acceptors (Lipinski definition) is 6. The molecule has 2 aromatic rings. The van der Waals surface area contributed by atoms with Crippen LogP contribution in [0.5, 0.6) is 0 Å². The van der Waals surface area contributed by atoms with Crippen LogP contribution in [0.2, 0.25) is 0 Å². The Balaban J connectivity index is 1.64. The van der Waals surface area contributed by atoms with Gasteiger partial charge in [-0.25, -0.2) is 9.36 Å². The van der Waals surface area contributed by atoms with Crippen LogP contribution >= 0.6 is 11.8 Å². The van der Waals surface area contributed by atoms with Crippen molar-refractivity contribution < 1.29 is 4.79 Å². The van der Waals surface area contributed by atoms with Crippen molar-refractivity contribution >= 4 is 23.5 Å². The Morgan fingerprint density at radius 2 is 2.13 bits per heavy atom. The number of hydrogen-bond donors (Lipinski definition) is 2. The van der Waals surface area contributed by atoms with Crippen molar-refractivity contribution in [3.05, 3.63) is 18.1 Å². The fourth-order valence-corrected chi connectivity index (χ4v) is 3.03. The summed E-state index contributed by atoms with van der Waals surface area (Å²) in [6.45, 7) is 5.84. The topological polar surface area (TPSA) is 104 Å². The van der Waals surface area contributed by atoms with Gasteiger partial charge in [0.15, 0.2) is 5.82 Å².